The summed E-state index contributed by atoms with van der Waals surface area (Å²) in [5.74, 6) is -0.914. The predicted octanol–water partition coefficient (Wildman–Crippen LogP) is 3.35. The highest BCUT2D eigenvalue weighted by Crippen LogP contribution is 2.24. The zero-order chi connectivity index (χ0) is 18.1. The number of rotatable bonds is 7. The highest BCUT2D eigenvalue weighted by Gasteiger charge is 2.23. The highest BCUT2D eigenvalue weighted by atomic mass is 79.9. The molecule has 0 saturated carbocycles. The summed E-state index contributed by atoms with van der Waals surface area (Å²) in [6.07, 6.45) is 5.73. The Hall–Kier alpha value is -1.92. The fourth-order valence-corrected chi connectivity index (χ4v) is 2.45. The maximum Gasteiger partial charge on any atom is 0.330 e. The van der Waals surface area contributed by atoms with E-state index in [1.54, 1.807) is 12.1 Å². The first-order valence-corrected chi connectivity index (χ1v) is 8.21. The molecular formula is C18H22BrNO4. The van der Waals surface area contributed by atoms with Crippen LogP contribution in [-0.4, -0.2) is 38.7 Å². The number of amides is 1. The SMILES string of the molecule is C/C=C\C=C(/C)c1cc(Br)ccc1C(=O)N[C@@H](COC)C(=O)OC. The molecule has 0 aliphatic heterocycles. The molecule has 1 aromatic rings. The molecule has 24 heavy (non-hydrogen) atoms. The van der Waals surface area contributed by atoms with Gasteiger partial charge >= 0.3 is 5.97 Å². The Morgan fingerprint density at radius 2 is 2.00 bits per heavy atom. The van der Waals surface area contributed by atoms with Crippen molar-refractivity contribution in [3.8, 4) is 0 Å². The first-order chi connectivity index (χ1) is 11.4. The number of nitrogens with one attached hydrogen (secondary N) is 1. The number of ether oxygens (including phenoxy) is 2. The van der Waals surface area contributed by atoms with Crippen LogP contribution in [0.4, 0.5) is 0 Å². The molecule has 1 atom stereocenters. The number of esters is 1. The molecule has 0 bridgehead atoms. The number of methoxy groups -OCH3 is 2. The molecular weight excluding hydrogens is 374 g/mol. The molecule has 0 radical (unpaired) electrons. The fraction of sp³-hybridized carbons (Fsp3) is 0.333. The van der Waals surface area contributed by atoms with Crippen molar-refractivity contribution in [2.24, 2.45) is 0 Å². The molecule has 0 saturated heterocycles. The minimum atomic E-state index is -0.858. The zero-order valence-electron chi connectivity index (χ0n) is 14.3. The smallest absolute Gasteiger partial charge is 0.330 e. The highest BCUT2D eigenvalue weighted by molar-refractivity contribution is 9.10. The van der Waals surface area contributed by atoms with Gasteiger partial charge in [0.2, 0.25) is 0 Å². The van der Waals surface area contributed by atoms with E-state index in [0.717, 1.165) is 15.6 Å². The van der Waals surface area contributed by atoms with Gasteiger partial charge in [-0.05, 0) is 43.2 Å². The quantitative estimate of drug-likeness (QED) is 0.567. The molecule has 6 heteroatoms. The van der Waals surface area contributed by atoms with Gasteiger partial charge in [-0.1, -0.05) is 34.2 Å². The van der Waals surface area contributed by atoms with Crippen molar-refractivity contribution in [3.63, 3.8) is 0 Å². The van der Waals surface area contributed by atoms with Gasteiger partial charge in [-0.3, -0.25) is 4.79 Å². The molecule has 0 aromatic heterocycles. The van der Waals surface area contributed by atoms with Gasteiger partial charge in [0.1, 0.15) is 0 Å². The predicted molar refractivity (Wildman–Crippen MR) is 97.8 cm³/mol. The van der Waals surface area contributed by atoms with Gasteiger partial charge in [0, 0.05) is 17.1 Å². The molecule has 1 aromatic carbocycles. The monoisotopic (exact) mass is 395 g/mol. The third kappa shape index (κ3) is 5.62. The second-order valence-corrected chi connectivity index (χ2v) is 5.99. The van der Waals surface area contributed by atoms with Crippen molar-refractivity contribution in [2.75, 3.05) is 20.8 Å². The van der Waals surface area contributed by atoms with E-state index in [-0.39, 0.29) is 12.5 Å². The minimum Gasteiger partial charge on any atom is -0.467 e. The van der Waals surface area contributed by atoms with E-state index in [1.165, 1.54) is 14.2 Å². The van der Waals surface area contributed by atoms with Gasteiger partial charge in [-0.15, -0.1) is 0 Å². The largest absolute Gasteiger partial charge is 0.467 e. The van der Waals surface area contributed by atoms with E-state index in [2.05, 4.69) is 26.0 Å². The van der Waals surface area contributed by atoms with E-state index in [9.17, 15) is 9.59 Å². The van der Waals surface area contributed by atoms with Crippen molar-refractivity contribution >= 4 is 33.4 Å². The first-order valence-electron chi connectivity index (χ1n) is 7.41. The summed E-state index contributed by atoms with van der Waals surface area (Å²) in [4.78, 5) is 24.4. The van der Waals surface area contributed by atoms with Crippen LogP contribution in [-0.2, 0) is 14.3 Å². The molecule has 1 N–H and O–H groups in total. The van der Waals surface area contributed by atoms with Gasteiger partial charge < -0.3 is 14.8 Å². The Bertz CT molecular complexity index is 652. The molecule has 5 nitrogen and oxygen atoms in total. The molecule has 1 amide bonds. The second-order valence-electron chi connectivity index (χ2n) is 5.07. The summed E-state index contributed by atoms with van der Waals surface area (Å²) in [5.41, 5.74) is 2.18. The van der Waals surface area contributed by atoms with Gasteiger partial charge in [0.05, 0.1) is 13.7 Å². The maximum absolute atomic E-state index is 12.6. The van der Waals surface area contributed by atoms with Crippen LogP contribution in [0, 0.1) is 0 Å². The van der Waals surface area contributed by atoms with Crippen molar-refractivity contribution < 1.29 is 19.1 Å². The Labute approximate surface area is 150 Å². The molecule has 1 rings (SSSR count). The zero-order valence-corrected chi connectivity index (χ0v) is 15.8. The summed E-state index contributed by atoms with van der Waals surface area (Å²) in [6, 6.07) is 4.50. The molecule has 0 aliphatic rings. The Balaban J connectivity index is 3.16. The molecule has 0 fully saturated rings. The van der Waals surface area contributed by atoms with Crippen LogP contribution in [0.1, 0.15) is 29.8 Å². The van der Waals surface area contributed by atoms with E-state index in [1.807, 2.05) is 38.1 Å². The fourth-order valence-electron chi connectivity index (χ4n) is 2.08. The van der Waals surface area contributed by atoms with Crippen LogP contribution >= 0.6 is 15.9 Å². The Morgan fingerprint density at radius 3 is 2.58 bits per heavy atom. The Kier molecular flexibility index (Phi) is 8.43. The van der Waals surface area contributed by atoms with E-state index in [4.69, 9.17) is 4.74 Å². The summed E-state index contributed by atoms with van der Waals surface area (Å²) >= 11 is 3.42. The van der Waals surface area contributed by atoms with Crippen molar-refractivity contribution in [2.45, 2.75) is 19.9 Å². The van der Waals surface area contributed by atoms with Crippen LogP contribution in [0.2, 0.25) is 0 Å². The average Bonchev–Trinajstić information content (AvgIpc) is 2.58. The number of carbonyl (C=O) groups is 2. The molecule has 0 unspecified atom stereocenters. The van der Waals surface area contributed by atoms with Crippen LogP contribution in [0.3, 0.4) is 0 Å². The molecule has 0 aliphatic carbocycles. The topological polar surface area (TPSA) is 64.6 Å². The van der Waals surface area contributed by atoms with Crippen LogP contribution in [0.25, 0.3) is 5.57 Å². The van der Waals surface area contributed by atoms with E-state index >= 15 is 0 Å². The van der Waals surface area contributed by atoms with Crippen LogP contribution < -0.4 is 5.32 Å². The average molecular weight is 396 g/mol. The third-order valence-corrected chi connectivity index (χ3v) is 3.81. The summed E-state index contributed by atoms with van der Waals surface area (Å²) in [6.45, 7) is 3.88. The van der Waals surface area contributed by atoms with Crippen molar-refractivity contribution in [3.05, 3.63) is 52.0 Å². The van der Waals surface area contributed by atoms with Gasteiger partial charge in [0.25, 0.3) is 5.91 Å². The van der Waals surface area contributed by atoms with Crippen molar-refractivity contribution in [1.29, 1.82) is 0 Å². The summed E-state index contributed by atoms with van der Waals surface area (Å²) in [5, 5.41) is 2.66. The third-order valence-electron chi connectivity index (χ3n) is 3.31. The summed E-state index contributed by atoms with van der Waals surface area (Å²) < 4.78 is 10.5. The molecule has 0 heterocycles. The normalized spacial score (nSPS) is 13.0. The van der Waals surface area contributed by atoms with Gasteiger partial charge in [0.15, 0.2) is 6.04 Å². The lowest BCUT2D eigenvalue weighted by atomic mass is 9.99. The second kappa shape index (κ2) is 10.1. The molecule has 130 valence electrons. The van der Waals surface area contributed by atoms with Crippen LogP contribution in [0.15, 0.2) is 40.9 Å². The number of halogens is 1. The number of allylic oxidation sites excluding steroid dienone is 4. The van der Waals surface area contributed by atoms with Gasteiger partial charge in [-0.25, -0.2) is 4.79 Å². The standard InChI is InChI=1S/C18H22BrNO4/c1-5-6-7-12(2)15-10-13(19)8-9-14(15)17(21)20-16(11-23-3)18(22)24-4/h5-10,16H,11H2,1-4H3,(H,20,21)/b6-5-,12-7+/t16-/m0/s1. The number of carbonyl (C=O) groups excluding carboxylic acids is 2. The first kappa shape index (κ1) is 20.1. The number of benzene rings is 1. The molecule has 0 spiro atoms. The number of hydrogen-bond acceptors (Lipinski definition) is 4. The lowest BCUT2D eigenvalue weighted by Gasteiger charge is -2.17. The van der Waals surface area contributed by atoms with Gasteiger partial charge in [-0.2, -0.15) is 0 Å². The van der Waals surface area contributed by atoms with Crippen molar-refractivity contribution in [1.82, 2.24) is 5.32 Å². The maximum atomic E-state index is 12.6. The van der Waals surface area contributed by atoms with E-state index in [0.29, 0.717) is 5.56 Å². The Morgan fingerprint density at radius 1 is 1.29 bits per heavy atom. The number of hydrogen-bond donors (Lipinski definition) is 1. The lowest BCUT2D eigenvalue weighted by molar-refractivity contribution is -0.144. The minimum absolute atomic E-state index is 0.0394. The lowest BCUT2D eigenvalue weighted by Crippen LogP contribution is -2.44. The van der Waals surface area contributed by atoms with E-state index < -0.39 is 12.0 Å². The summed E-state index contributed by atoms with van der Waals surface area (Å²) in [7, 11) is 2.73. The van der Waals surface area contributed by atoms with Crippen LogP contribution in [0.5, 0.6) is 0 Å².